The molecule has 1 N–H and O–H groups in total. The standard InChI is InChI=1S/C18H27N3O4S/c1-13(2)17(19-15(4)22)18(23)20-9-11-21(12-10-20)26(24,25)16-7-5-14(3)6-8-16/h5-8,13,17H,9-12H2,1-4H3,(H,19,22)/t17-/m1/s1. The Bertz CT molecular complexity index is 751. The van der Waals surface area contributed by atoms with Crippen LogP contribution in [0.5, 0.6) is 0 Å². The summed E-state index contributed by atoms with van der Waals surface area (Å²) in [6.07, 6.45) is 0. The first kappa shape index (κ1) is 20.4. The zero-order chi connectivity index (χ0) is 19.5. The van der Waals surface area contributed by atoms with Crippen molar-refractivity contribution in [2.24, 2.45) is 5.92 Å². The number of nitrogens with one attached hydrogen (secondary N) is 1. The molecule has 0 spiro atoms. The van der Waals surface area contributed by atoms with E-state index in [1.807, 2.05) is 20.8 Å². The van der Waals surface area contributed by atoms with E-state index in [-0.39, 0.29) is 35.7 Å². The molecule has 0 aliphatic carbocycles. The van der Waals surface area contributed by atoms with E-state index in [1.54, 1.807) is 29.2 Å². The highest BCUT2D eigenvalue weighted by Gasteiger charge is 2.33. The zero-order valence-electron chi connectivity index (χ0n) is 15.7. The topological polar surface area (TPSA) is 86.8 Å². The van der Waals surface area contributed by atoms with Gasteiger partial charge in [0.25, 0.3) is 0 Å². The Balaban J connectivity index is 2.05. The number of carbonyl (C=O) groups excluding carboxylic acids is 2. The third-order valence-corrected chi connectivity index (χ3v) is 6.41. The number of hydrogen-bond donors (Lipinski definition) is 1. The first-order chi connectivity index (χ1) is 12.1. The van der Waals surface area contributed by atoms with Gasteiger partial charge in [0.15, 0.2) is 0 Å². The van der Waals surface area contributed by atoms with Crippen LogP contribution in [0.1, 0.15) is 26.3 Å². The number of nitrogens with zero attached hydrogens (tertiary/aromatic N) is 2. The van der Waals surface area contributed by atoms with E-state index < -0.39 is 16.1 Å². The van der Waals surface area contributed by atoms with Crippen molar-refractivity contribution in [1.82, 2.24) is 14.5 Å². The first-order valence-corrected chi connectivity index (χ1v) is 10.2. The Morgan fingerprint density at radius 2 is 1.58 bits per heavy atom. The Kier molecular flexibility index (Phi) is 6.41. The molecule has 7 nitrogen and oxygen atoms in total. The molecule has 1 heterocycles. The molecule has 26 heavy (non-hydrogen) atoms. The zero-order valence-corrected chi connectivity index (χ0v) is 16.5. The second-order valence-corrected chi connectivity index (χ2v) is 8.90. The van der Waals surface area contributed by atoms with E-state index in [9.17, 15) is 18.0 Å². The number of benzene rings is 1. The van der Waals surface area contributed by atoms with Crippen LogP contribution in [-0.4, -0.2) is 61.7 Å². The lowest BCUT2D eigenvalue weighted by molar-refractivity contribution is -0.138. The number of carbonyl (C=O) groups is 2. The summed E-state index contributed by atoms with van der Waals surface area (Å²) in [5.41, 5.74) is 0.997. The van der Waals surface area contributed by atoms with Gasteiger partial charge in [-0.1, -0.05) is 31.5 Å². The average molecular weight is 381 g/mol. The maximum atomic E-state index is 12.7. The fourth-order valence-corrected chi connectivity index (χ4v) is 4.36. The van der Waals surface area contributed by atoms with Gasteiger partial charge in [-0.2, -0.15) is 4.31 Å². The molecule has 0 radical (unpaired) electrons. The summed E-state index contributed by atoms with van der Waals surface area (Å²) in [7, 11) is -3.56. The van der Waals surface area contributed by atoms with E-state index in [4.69, 9.17) is 0 Å². The minimum absolute atomic E-state index is 0.0410. The predicted octanol–water partition coefficient (Wildman–Crippen LogP) is 0.989. The molecule has 1 aliphatic heterocycles. The van der Waals surface area contributed by atoms with E-state index >= 15 is 0 Å². The van der Waals surface area contributed by atoms with Crippen molar-refractivity contribution in [3.05, 3.63) is 29.8 Å². The third-order valence-electron chi connectivity index (χ3n) is 4.50. The van der Waals surface area contributed by atoms with Crippen molar-refractivity contribution in [2.75, 3.05) is 26.2 Å². The quantitative estimate of drug-likeness (QED) is 0.824. The van der Waals surface area contributed by atoms with Gasteiger partial charge in [0.05, 0.1) is 4.90 Å². The monoisotopic (exact) mass is 381 g/mol. The number of piperazine rings is 1. The number of rotatable bonds is 5. The molecule has 1 aromatic rings. The van der Waals surface area contributed by atoms with Crippen molar-refractivity contribution in [3.8, 4) is 0 Å². The van der Waals surface area contributed by atoms with Crippen molar-refractivity contribution in [2.45, 2.75) is 38.6 Å². The SMILES string of the molecule is CC(=O)N[C@@H](C(=O)N1CCN(S(=O)(=O)c2ccc(C)cc2)CC1)C(C)C. The molecule has 1 saturated heterocycles. The summed E-state index contributed by atoms with van der Waals surface area (Å²) < 4.78 is 26.9. The third kappa shape index (κ3) is 4.62. The van der Waals surface area contributed by atoms with Crippen LogP contribution in [0.25, 0.3) is 0 Å². The number of aryl methyl sites for hydroxylation is 1. The fraction of sp³-hybridized carbons (Fsp3) is 0.556. The highest BCUT2D eigenvalue weighted by Crippen LogP contribution is 2.19. The highest BCUT2D eigenvalue weighted by molar-refractivity contribution is 7.89. The number of amides is 2. The summed E-state index contributed by atoms with van der Waals surface area (Å²) in [6, 6.07) is 6.16. The van der Waals surface area contributed by atoms with Crippen molar-refractivity contribution < 1.29 is 18.0 Å². The summed E-state index contributed by atoms with van der Waals surface area (Å²) >= 11 is 0. The van der Waals surface area contributed by atoms with Gasteiger partial charge in [-0.25, -0.2) is 8.42 Å². The van der Waals surface area contributed by atoms with E-state index in [2.05, 4.69) is 5.32 Å². The van der Waals surface area contributed by atoms with Crippen LogP contribution >= 0.6 is 0 Å². The van der Waals surface area contributed by atoms with Crippen LogP contribution < -0.4 is 5.32 Å². The van der Waals surface area contributed by atoms with E-state index in [0.717, 1.165) is 5.56 Å². The van der Waals surface area contributed by atoms with Gasteiger partial charge in [-0.05, 0) is 25.0 Å². The Labute approximate surface area is 155 Å². The molecule has 2 rings (SSSR count). The smallest absolute Gasteiger partial charge is 0.245 e. The minimum Gasteiger partial charge on any atom is -0.344 e. The van der Waals surface area contributed by atoms with Crippen molar-refractivity contribution in [1.29, 1.82) is 0 Å². The summed E-state index contributed by atoms with van der Waals surface area (Å²) in [5, 5.41) is 2.69. The van der Waals surface area contributed by atoms with Crippen LogP contribution in [0.2, 0.25) is 0 Å². The molecule has 1 fully saturated rings. The molecule has 144 valence electrons. The van der Waals surface area contributed by atoms with Gasteiger partial charge in [-0.3, -0.25) is 9.59 Å². The van der Waals surface area contributed by atoms with Crippen molar-refractivity contribution >= 4 is 21.8 Å². The molecule has 1 aromatic carbocycles. The summed E-state index contributed by atoms with van der Waals surface area (Å²) in [6.45, 7) is 8.14. The molecular weight excluding hydrogens is 354 g/mol. The number of sulfonamides is 1. The van der Waals surface area contributed by atoms with Crippen LogP contribution in [0.3, 0.4) is 0 Å². The maximum Gasteiger partial charge on any atom is 0.245 e. The maximum absolute atomic E-state index is 12.7. The van der Waals surface area contributed by atoms with Crippen LogP contribution in [0.4, 0.5) is 0 Å². The van der Waals surface area contributed by atoms with Gasteiger partial charge in [-0.15, -0.1) is 0 Å². The van der Waals surface area contributed by atoms with Gasteiger partial charge in [0.2, 0.25) is 21.8 Å². The molecule has 1 aliphatic rings. The lowest BCUT2D eigenvalue weighted by atomic mass is 10.0. The second kappa shape index (κ2) is 8.18. The molecule has 8 heteroatoms. The van der Waals surface area contributed by atoms with Crippen LogP contribution in [0.15, 0.2) is 29.2 Å². The normalized spacial score (nSPS) is 17.2. The lowest BCUT2D eigenvalue weighted by Crippen LogP contribution is -2.56. The van der Waals surface area contributed by atoms with Crippen molar-refractivity contribution in [3.63, 3.8) is 0 Å². The molecule has 0 unspecified atom stereocenters. The van der Waals surface area contributed by atoms with Gasteiger partial charge < -0.3 is 10.2 Å². The summed E-state index contributed by atoms with van der Waals surface area (Å²) in [5.74, 6) is -0.457. The molecule has 2 amide bonds. The Hall–Kier alpha value is -1.93. The minimum atomic E-state index is -3.56. The molecule has 1 atom stereocenters. The first-order valence-electron chi connectivity index (χ1n) is 8.75. The van der Waals surface area contributed by atoms with Gasteiger partial charge in [0.1, 0.15) is 6.04 Å². The molecular formula is C18H27N3O4S. The lowest BCUT2D eigenvalue weighted by Gasteiger charge is -2.36. The predicted molar refractivity (Wildman–Crippen MR) is 99.0 cm³/mol. The Morgan fingerprint density at radius 3 is 2.04 bits per heavy atom. The fourth-order valence-electron chi connectivity index (χ4n) is 2.94. The molecule has 0 bridgehead atoms. The Morgan fingerprint density at radius 1 is 1.04 bits per heavy atom. The van der Waals surface area contributed by atoms with Gasteiger partial charge >= 0.3 is 0 Å². The number of hydrogen-bond acceptors (Lipinski definition) is 4. The van der Waals surface area contributed by atoms with E-state index in [0.29, 0.717) is 13.1 Å². The van der Waals surface area contributed by atoms with Crippen LogP contribution in [-0.2, 0) is 19.6 Å². The largest absolute Gasteiger partial charge is 0.344 e. The summed E-state index contributed by atoms with van der Waals surface area (Å²) in [4.78, 5) is 25.9. The van der Waals surface area contributed by atoms with Crippen LogP contribution in [0, 0.1) is 12.8 Å². The highest BCUT2D eigenvalue weighted by atomic mass is 32.2. The average Bonchev–Trinajstić information content (AvgIpc) is 2.59. The second-order valence-electron chi connectivity index (χ2n) is 6.96. The molecule has 0 saturated carbocycles. The van der Waals surface area contributed by atoms with Gasteiger partial charge in [0, 0.05) is 33.1 Å². The molecule has 0 aromatic heterocycles. The van der Waals surface area contributed by atoms with E-state index in [1.165, 1.54) is 11.2 Å².